The van der Waals surface area contributed by atoms with Gasteiger partial charge in [0.1, 0.15) is 16.9 Å². The zero-order valence-corrected chi connectivity index (χ0v) is 15.6. The first-order valence-electron chi connectivity index (χ1n) is 8.89. The molecule has 1 atom stereocenters. The summed E-state index contributed by atoms with van der Waals surface area (Å²) in [5.41, 5.74) is 0.980. The summed E-state index contributed by atoms with van der Waals surface area (Å²) in [5, 5.41) is 13.0. The number of rotatable bonds is 6. The molecule has 0 bridgehead atoms. The van der Waals surface area contributed by atoms with Gasteiger partial charge in [0.2, 0.25) is 5.43 Å². The van der Waals surface area contributed by atoms with E-state index in [0.29, 0.717) is 45.6 Å². The van der Waals surface area contributed by atoms with E-state index in [1.807, 2.05) is 13.8 Å². The molecule has 1 aromatic heterocycles. The summed E-state index contributed by atoms with van der Waals surface area (Å²) < 4.78 is 11.0. The van der Waals surface area contributed by atoms with Gasteiger partial charge < -0.3 is 19.6 Å². The fourth-order valence-corrected chi connectivity index (χ4v) is 3.12. The molecule has 0 radical (unpaired) electrons. The van der Waals surface area contributed by atoms with Crippen LogP contribution in [0.4, 0.5) is 0 Å². The van der Waals surface area contributed by atoms with Gasteiger partial charge in [-0.2, -0.15) is 0 Å². The minimum atomic E-state index is -0.328. The molecule has 1 amide bonds. The zero-order chi connectivity index (χ0) is 19.6. The Morgan fingerprint density at radius 1 is 1.15 bits per heavy atom. The van der Waals surface area contributed by atoms with E-state index in [0.717, 1.165) is 0 Å². The summed E-state index contributed by atoms with van der Waals surface area (Å²) in [6, 6.07) is 9.43. The Hall–Kier alpha value is -2.86. The Bertz CT molecular complexity index is 1040. The lowest BCUT2D eigenvalue weighted by atomic mass is 10.0. The molecule has 142 valence electrons. The molecule has 0 saturated heterocycles. The molecular formula is C21H23NO5. The molecule has 6 heteroatoms. The fraction of sp³-hybridized carbons (Fsp3) is 0.333. The Labute approximate surface area is 156 Å². The van der Waals surface area contributed by atoms with Gasteiger partial charge in [0.05, 0.1) is 30.5 Å². The molecule has 6 nitrogen and oxygen atoms in total. The second-order valence-corrected chi connectivity index (χ2v) is 6.99. The highest BCUT2D eigenvalue weighted by Gasteiger charge is 2.16. The molecule has 0 aliphatic rings. The average molecular weight is 369 g/mol. The third-order valence-electron chi connectivity index (χ3n) is 4.45. The van der Waals surface area contributed by atoms with Crippen molar-refractivity contribution in [3.05, 3.63) is 52.2 Å². The topological polar surface area (TPSA) is 88.8 Å². The van der Waals surface area contributed by atoms with Gasteiger partial charge in [0.15, 0.2) is 0 Å². The first-order valence-corrected chi connectivity index (χ1v) is 8.89. The number of carbonyl (C=O) groups is 1. The molecule has 27 heavy (non-hydrogen) atoms. The summed E-state index contributed by atoms with van der Waals surface area (Å²) in [5.74, 6) is 0.612. The number of ether oxygens (including phenoxy) is 1. The number of aliphatic hydroxyl groups excluding tert-OH is 1. The van der Waals surface area contributed by atoms with E-state index in [-0.39, 0.29) is 24.0 Å². The number of aliphatic hydroxyl groups is 1. The zero-order valence-electron chi connectivity index (χ0n) is 15.6. The molecule has 3 aromatic rings. The fourth-order valence-electron chi connectivity index (χ4n) is 3.12. The van der Waals surface area contributed by atoms with Gasteiger partial charge in [0.25, 0.3) is 5.91 Å². The second-order valence-electron chi connectivity index (χ2n) is 6.99. The number of amides is 1. The molecule has 0 unspecified atom stereocenters. The number of nitrogens with one attached hydrogen (secondary N) is 1. The Kier molecular flexibility index (Phi) is 5.46. The van der Waals surface area contributed by atoms with Crippen molar-refractivity contribution in [3.63, 3.8) is 0 Å². The van der Waals surface area contributed by atoms with Crippen LogP contribution >= 0.6 is 0 Å². The normalized spacial score (nSPS) is 12.5. The summed E-state index contributed by atoms with van der Waals surface area (Å²) in [7, 11) is 1.55. The highest BCUT2D eigenvalue weighted by atomic mass is 16.5. The van der Waals surface area contributed by atoms with Crippen LogP contribution in [0.25, 0.3) is 21.9 Å². The predicted octanol–water partition coefficient (Wildman–Crippen LogP) is 3.09. The van der Waals surface area contributed by atoms with E-state index < -0.39 is 0 Å². The molecule has 2 N–H and O–H groups in total. The monoisotopic (exact) mass is 369 g/mol. The van der Waals surface area contributed by atoms with Crippen LogP contribution in [0.1, 0.15) is 30.6 Å². The van der Waals surface area contributed by atoms with Crippen LogP contribution in [0.2, 0.25) is 0 Å². The van der Waals surface area contributed by atoms with Crippen molar-refractivity contribution in [1.29, 1.82) is 0 Å². The minimum Gasteiger partial charge on any atom is -0.497 e. The van der Waals surface area contributed by atoms with Gasteiger partial charge in [-0.3, -0.25) is 9.59 Å². The third-order valence-corrected chi connectivity index (χ3v) is 4.45. The van der Waals surface area contributed by atoms with E-state index in [9.17, 15) is 14.7 Å². The third kappa shape index (κ3) is 3.95. The summed E-state index contributed by atoms with van der Waals surface area (Å²) in [6.07, 6.45) is 0.671. The number of fused-ring (bicyclic) bond motifs is 2. The van der Waals surface area contributed by atoms with Crippen molar-refractivity contribution < 1.29 is 19.1 Å². The standard InChI is InChI=1S/C21H23NO5/c1-12(2)8-14(11-23)22-21(25)13-4-7-18-17(9-13)20(24)16-6-5-15(26-3)10-19(16)27-18/h4-7,9-10,12,14,23H,8,11H2,1-3H3,(H,22,25)/t14-/m1/s1. The molecule has 0 aliphatic heterocycles. The van der Waals surface area contributed by atoms with Gasteiger partial charge in [-0.1, -0.05) is 13.8 Å². The Balaban J connectivity index is 1.99. The average Bonchev–Trinajstić information content (AvgIpc) is 2.66. The van der Waals surface area contributed by atoms with Crippen LogP contribution in [-0.2, 0) is 0 Å². The molecule has 0 aliphatic carbocycles. The first-order chi connectivity index (χ1) is 12.9. The van der Waals surface area contributed by atoms with E-state index in [4.69, 9.17) is 9.15 Å². The van der Waals surface area contributed by atoms with Crippen molar-refractivity contribution in [2.24, 2.45) is 5.92 Å². The largest absolute Gasteiger partial charge is 0.497 e. The summed E-state index contributed by atoms with van der Waals surface area (Å²) >= 11 is 0. The quantitative estimate of drug-likeness (QED) is 0.652. The van der Waals surface area contributed by atoms with Crippen molar-refractivity contribution in [3.8, 4) is 5.75 Å². The smallest absolute Gasteiger partial charge is 0.251 e. The maximum Gasteiger partial charge on any atom is 0.251 e. The van der Waals surface area contributed by atoms with E-state index >= 15 is 0 Å². The number of hydrogen-bond donors (Lipinski definition) is 2. The van der Waals surface area contributed by atoms with Gasteiger partial charge in [-0.25, -0.2) is 0 Å². The maximum absolute atomic E-state index is 12.8. The lowest BCUT2D eigenvalue weighted by Crippen LogP contribution is -2.38. The predicted molar refractivity (Wildman–Crippen MR) is 104 cm³/mol. The van der Waals surface area contributed by atoms with E-state index in [2.05, 4.69) is 5.32 Å². The van der Waals surface area contributed by atoms with Crippen molar-refractivity contribution in [2.75, 3.05) is 13.7 Å². The lowest BCUT2D eigenvalue weighted by molar-refractivity contribution is 0.0908. The van der Waals surface area contributed by atoms with Crippen molar-refractivity contribution in [2.45, 2.75) is 26.3 Å². The SMILES string of the molecule is COc1ccc2c(=O)c3cc(C(=O)N[C@@H](CO)CC(C)C)ccc3oc2c1. The lowest BCUT2D eigenvalue weighted by Gasteiger charge is -2.18. The minimum absolute atomic E-state index is 0.133. The molecule has 0 fully saturated rings. The molecule has 0 spiro atoms. The molecule has 3 rings (SSSR count). The van der Waals surface area contributed by atoms with Crippen molar-refractivity contribution in [1.82, 2.24) is 5.32 Å². The highest BCUT2D eigenvalue weighted by molar-refractivity contribution is 5.99. The van der Waals surface area contributed by atoms with Crippen molar-refractivity contribution >= 4 is 27.8 Å². The van der Waals surface area contributed by atoms with Crippen LogP contribution in [-0.4, -0.2) is 30.8 Å². The summed E-state index contributed by atoms with van der Waals surface area (Å²) in [4.78, 5) is 25.3. The van der Waals surface area contributed by atoms with Gasteiger partial charge in [-0.15, -0.1) is 0 Å². The van der Waals surface area contributed by atoms with Gasteiger partial charge in [-0.05, 0) is 42.7 Å². The molecule has 2 aromatic carbocycles. The number of carbonyl (C=O) groups excluding carboxylic acids is 1. The van der Waals surface area contributed by atoms with E-state index in [1.165, 1.54) is 6.07 Å². The molecular weight excluding hydrogens is 346 g/mol. The summed E-state index contributed by atoms with van der Waals surface area (Å²) in [6.45, 7) is 3.92. The first kappa shape index (κ1) is 18.9. The van der Waals surface area contributed by atoms with E-state index in [1.54, 1.807) is 37.4 Å². The van der Waals surface area contributed by atoms with Gasteiger partial charge >= 0.3 is 0 Å². The van der Waals surface area contributed by atoms with Crippen LogP contribution in [0.3, 0.4) is 0 Å². The van der Waals surface area contributed by atoms with Crippen LogP contribution in [0.5, 0.6) is 5.75 Å². The number of benzene rings is 2. The van der Waals surface area contributed by atoms with Crippen LogP contribution in [0, 0.1) is 5.92 Å². The molecule has 0 saturated carbocycles. The Morgan fingerprint density at radius 3 is 2.59 bits per heavy atom. The molecule has 1 heterocycles. The van der Waals surface area contributed by atoms with Crippen LogP contribution in [0.15, 0.2) is 45.6 Å². The number of methoxy groups -OCH3 is 1. The van der Waals surface area contributed by atoms with Gasteiger partial charge in [0, 0.05) is 11.6 Å². The second kappa shape index (κ2) is 7.80. The highest BCUT2D eigenvalue weighted by Crippen LogP contribution is 2.23. The Morgan fingerprint density at radius 2 is 1.93 bits per heavy atom. The van der Waals surface area contributed by atoms with Crippen LogP contribution < -0.4 is 15.5 Å². The number of hydrogen-bond acceptors (Lipinski definition) is 5. The maximum atomic E-state index is 12.8.